The van der Waals surface area contributed by atoms with Crippen LogP contribution in [0.25, 0.3) is 0 Å². The molecule has 0 aliphatic carbocycles. The molecular weight excluding hydrogens is 340 g/mol. The zero-order valence-electron chi connectivity index (χ0n) is 15.4. The number of hydrogen-bond acceptors (Lipinski definition) is 5. The van der Waals surface area contributed by atoms with Crippen LogP contribution in [0.2, 0.25) is 0 Å². The van der Waals surface area contributed by atoms with Gasteiger partial charge in [-0.25, -0.2) is 9.97 Å². The Hall–Kier alpha value is -3.41. The summed E-state index contributed by atoms with van der Waals surface area (Å²) >= 11 is 0. The van der Waals surface area contributed by atoms with Gasteiger partial charge in [0.05, 0.1) is 19.5 Å². The van der Waals surface area contributed by atoms with E-state index in [1.165, 1.54) is 11.8 Å². The Morgan fingerprint density at radius 2 is 1.78 bits per heavy atom. The van der Waals surface area contributed by atoms with E-state index in [0.29, 0.717) is 12.4 Å². The number of aromatic nitrogens is 2. The molecule has 138 valence electrons. The lowest BCUT2D eigenvalue weighted by Gasteiger charge is -2.17. The van der Waals surface area contributed by atoms with Gasteiger partial charge in [-0.05, 0) is 11.6 Å². The van der Waals surface area contributed by atoms with Crippen molar-refractivity contribution >= 4 is 11.7 Å². The first kappa shape index (κ1) is 18.4. The molecule has 1 amide bonds. The second-order valence-corrected chi connectivity index (χ2v) is 6.10. The van der Waals surface area contributed by atoms with Crippen LogP contribution >= 0.6 is 0 Å². The summed E-state index contributed by atoms with van der Waals surface area (Å²) in [7, 11) is 3.55. The van der Waals surface area contributed by atoms with Crippen molar-refractivity contribution in [1.82, 2.24) is 15.3 Å². The van der Waals surface area contributed by atoms with Gasteiger partial charge in [-0.1, -0.05) is 48.5 Å². The van der Waals surface area contributed by atoms with Crippen molar-refractivity contribution in [3.63, 3.8) is 0 Å². The van der Waals surface area contributed by atoms with Gasteiger partial charge >= 0.3 is 0 Å². The molecule has 0 fully saturated rings. The number of anilines is 1. The molecule has 0 aliphatic heterocycles. The smallest absolute Gasteiger partial charge is 0.271 e. The fourth-order valence-electron chi connectivity index (χ4n) is 2.69. The molecule has 0 atom stereocenters. The molecule has 1 N–H and O–H groups in total. The fourth-order valence-corrected chi connectivity index (χ4v) is 2.69. The Morgan fingerprint density at radius 3 is 2.48 bits per heavy atom. The standard InChI is InChI=1S/C21H22N4O2/c1-25(15-16-8-4-3-5-9-16)20-14-22-18(13-23-20)21(26)24-12-17-10-6-7-11-19(17)27-2/h3-11,13-14H,12,15H2,1-2H3,(H,24,26). The Labute approximate surface area is 158 Å². The summed E-state index contributed by atoms with van der Waals surface area (Å²) in [5.74, 6) is 1.17. The van der Waals surface area contributed by atoms with Gasteiger partial charge in [0.1, 0.15) is 17.3 Å². The summed E-state index contributed by atoms with van der Waals surface area (Å²) in [5, 5.41) is 2.84. The molecule has 3 aromatic rings. The average Bonchev–Trinajstić information content (AvgIpc) is 2.73. The van der Waals surface area contributed by atoms with Crippen LogP contribution in [0.3, 0.4) is 0 Å². The van der Waals surface area contributed by atoms with Crippen LogP contribution < -0.4 is 15.0 Å². The van der Waals surface area contributed by atoms with Crippen LogP contribution in [0, 0.1) is 0 Å². The van der Waals surface area contributed by atoms with Gasteiger partial charge in [0, 0.05) is 25.7 Å². The van der Waals surface area contributed by atoms with Crippen molar-refractivity contribution in [2.45, 2.75) is 13.1 Å². The van der Waals surface area contributed by atoms with E-state index in [9.17, 15) is 4.79 Å². The second-order valence-electron chi connectivity index (χ2n) is 6.10. The number of nitrogens with one attached hydrogen (secondary N) is 1. The first-order valence-electron chi connectivity index (χ1n) is 8.64. The highest BCUT2D eigenvalue weighted by atomic mass is 16.5. The summed E-state index contributed by atoms with van der Waals surface area (Å²) in [6, 6.07) is 17.7. The van der Waals surface area contributed by atoms with Gasteiger partial charge in [-0.15, -0.1) is 0 Å². The average molecular weight is 362 g/mol. The molecule has 6 heteroatoms. The molecule has 0 saturated heterocycles. The van der Waals surface area contributed by atoms with Crippen LogP contribution in [0.1, 0.15) is 21.6 Å². The maximum Gasteiger partial charge on any atom is 0.271 e. The van der Waals surface area contributed by atoms with Gasteiger partial charge in [0.15, 0.2) is 0 Å². The number of carbonyl (C=O) groups excluding carboxylic acids is 1. The lowest BCUT2D eigenvalue weighted by atomic mass is 10.2. The van der Waals surface area contributed by atoms with E-state index in [4.69, 9.17) is 4.74 Å². The lowest BCUT2D eigenvalue weighted by Crippen LogP contribution is -2.25. The number of methoxy groups -OCH3 is 1. The number of carbonyl (C=O) groups is 1. The minimum atomic E-state index is -0.273. The van der Waals surface area contributed by atoms with Crippen molar-refractivity contribution in [1.29, 1.82) is 0 Å². The molecule has 0 unspecified atom stereocenters. The maximum atomic E-state index is 12.3. The molecule has 3 rings (SSSR count). The van der Waals surface area contributed by atoms with Crippen molar-refractivity contribution in [3.05, 3.63) is 83.8 Å². The monoisotopic (exact) mass is 362 g/mol. The van der Waals surface area contributed by atoms with Gasteiger partial charge < -0.3 is 15.0 Å². The minimum absolute atomic E-state index is 0.273. The van der Waals surface area contributed by atoms with E-state index in [1.807, 2.05) is 54.4 Å². The highest BCUT2D eigenvalue weighted by molar-refractivity contribution is 5.92. The minimum Gasteiger partial charge on any atom is -0.496 e. The fraction of sp³-hybridized carbons (Fsp3) is 0.190. The SMILES string of the molecule is COc1ccccc1CNC(=O)c1cnc(N(C)Cc2ccccc2)cn1. The van der Waals surface area contributed by atoms with Crippen molar-refractivity contribution in [2.24, 2.45) is 0 Å². The number of ether oxygens (including phenoxy) is 1. The quantitative estimate of drug-likeness (QED) is 0.700. The number of para-hydroxylation sites is 1. The molecule has 1 aromatic heterocycles. The second kappa shape index (κ2) is 8.80. The highest BCUT2D eigenvalue weighted by Gasteiger charge is 2.11. The Kier molecular flexibility index (Phi) is 5.99. The summed E-state index contributed by atoms with van der Waals surface area (Å²) in [4.78, 5) is 22.9. The van der Waals surface area contributed by atoms with Gasteiger partial charge in [0.2, 0.25) is 0 Å². The molecular formula is C21H22N4O2. The van der Waals surface area contributed by atoms with E-state index < -0.39 is 0 Å². The summed E-state index contributed by atoms with van der Waals surface area (Å²) in [6.07, 6.45) is 3.11. The topological polar surface area (TPSA) is 67.3 Å². The van der Waals surface area contributed by atoms with Gasteiger partial charge in [-0.3, -0.25) is 4.79 Å². The molecule has 0 saturated carbocycles. The maximum absolute atomic E-state index is 12.3. The van der Waals surface area contributed by atoms with E-state index in [-0.39, 0.29) is 11.6 Å². The van der Waals surface area contributed by atoms with Crippen LogP contribution in [-0.2, 0) is 13.1 Å². The summed E-state index contributed by atoms with van der Waals surface area (Å²) < 4.78 is 5.29. The molecule has 6 nitrogen and oxygen atoms in total. The normalized spacial score (nSPS) is 10.3. The first-order chi connectivity index (χ1) is 13.2. The molecule has 2 aromatic carbocycles. The van der Waals surface area contributed by atoms with E-state index >= 15 is 0 Å². The molecule has 0 radical (unpaired) electrons. The Bertz CT molecular complexity index is 882. The van der Waals surface area contributed by atoms with E-state index in [2.05, 4.69) is 27.4 Å². The Morgan fingerprint density at radius 1 is 1.04 bits per heavy atom. The third-order valence-corrected chi connectivity index (χ3v) is 4.16. The van der Waals surface area contributed by atoms with Gasteiger partial charge in [-0.2, -0.15) is 0 Å². The van der Waals surface area contributed by atoms with Crippen LogP contribution in [0.4, 0.5) is 5.82 Å². The zero-order chi connectivity index (χ0) is 19.1. The van der Waals surface area contributed by atoms with Crippen LogP contribution in [0.5, 0.6) is 5.75 Å². The van der Waals surface area contributed by atoms with Gasteiger partial charge in [0.25, 0.3) is 5.91 Å². The van der Waals surface area contributed by atoms with Crippen LogP contribution in [-0.4, -0.2) is 30.0 Å². The van der Waals surface area contributed by atoms with Crippen molar-refractivity contribution in [3.8, 4) is 5.75 Å². The Balaban J connectivity index is 1.60. The van der Waals surface area contributed by atoms with Crippen LogP contribution in [0.15, 0.2) is 67.0 Å². The molecule has 27 heavy (non-hydrogen) atoms. The first-order valence-corrected chi connectivity index (χ1v) is 8.64. The number of rotatable bonds is 7. The summed E-state index contributed by atoms with van der Waals surface area (Å²) in [5.41, 5.74) is 2.36. The number of nitrogens with zero attached hydrogens (tertiary/aromatic N) is 3. The number of benzene rings is 2. The molecule has 0 spiro atoms. The number of hydrogen-bond donors (Lipinski definition) is 1. The van der Waals surface area contributed by atoms with E-state index in [1.54, 1.807) is 13.3 Å². The zero-order valence-corrected chi connectivity index (χ0v) is 15.4. The third kappa shape index (κ3) is 4.82. The number of amides is 1. The molecule has 0 aliphatic rings. The van der Waals surface area contributed by atoms with Crippen molar-refractivity contribution < 1.29 is 9.53 Å². The van der Waals surface area contributed by atoms with Crippen molar-refractivity contribution in [2.75, 3.05) is 19.1 Å². The predicted molar refractivity (Wildman–Crippen MR) is 105 cm³/mol. The summed E-state index contributed by atoms with van der Waals surface area (Å²) in [6.45, 7) is 1.08. The largest absolute Gasteiger partial charge is 0.496 e. The lowest BCUT2D eigenvalue weighted by molar-refractivity contribution is 0.0945. The highest BCUT2D eigenvalue weighted by Crippen LogP contribution is 2.17. The van der Waals surface area contributed by atoms with E-state index in [0.717, 1.165) is 17.9 Å². The third-order valence-electron chi connectivity index (χ3n) is 4.16. The molecule has 1 heterocycles. The predicted octanol–water partition coefficient (Wildman–Crippen LogP) is 3.05. The molecule has 0 bridgehead atoms.